The van der Waals surface area contributed by atoms with Gasteiger partial charge >= 0.3 is 0 Å². The van der Waals surface area contributed by atoms with Gasteiger partial charge in [0.05, 0.1) is 4.99 Å². The first-order valence-electron chi connectivity index (χ1n) is 4.73. The molecule has 0 bridgehead atoms. The van der Waals surface area contributed by atoms with E-state index in [1.165, 1.54) is 25.7 Å². The van der Waals surface area contributed by atoms with Crippen LogP contribution >= 0.6 is 12.2 Å². The van der Waals surface area contributed by atoms with E-state index < -0.39 is 0 Å². The molecule has 0 aliphatic heterocycles. The molecular weight excluding hydrogens is 168 g/mol. The maximum absolute atomic E-state index is 5.51. The highest BCUT2D eigenvalue weighted by Crippen LogP contribution is 2.17. The Bertz CT molecular complexity index is 153. The smallest absolute Gasteiger partial charge is 0.0768 e. The Hall–Kier alpha value is -0.150. The van der Waals surface area contributed by atoms with Crippen molar-refractivity contribution in [3.05, 3.63) is 0 Å². The number of rotatable bonds is 4. The Morgan fingerprint density at radius 2 is 2.17 bits per heavy atom. The van der Waals surface area contributed by atoms with Gasteiger partial charge in [-0.15, -0.1) is 0 Å². The lowest BCUT2D eigenvalue weighted by Gasteiger charge is -2.15. The van der Waals surface area contributed by atoms with Gasteiger partial charge < -0.3 is 11.1 Å². The van der Waals surface area contributed by atoms with E-state index in [4.69, 9.17) is 18.0 Å². The number of hydrogen-bond donors (Lipinski definition) is 2. The first-order chi connectivity index (χ1) is 5.70. The zero-order chi connectivity index (χ0) is 8.97. The van der Waals surface area contributed by atoms with Crippen LogP contribution in [0.3, 0.4) is 0 Å². The quantitative estimate of drug-likeness (QED) is 0.653. The van der Waals surface area contributed by atoms with Gasteiger partial charge in [0.2, 0.25) is 0 Å². The van der Waals surface area contributed by atoms with Gasteiger partial charge in [-0.3, -0.25) is 0 Å². The fourth-order valence-corrected chi connectivity index (χ4v) is 1.66. The fraction of sp³-hybridized carbons (Fsp3) is 0.889. The van der Waals surface area contributed by atoms with Crippen LogP contribution in [-0.2, 0) is 0 Å². The van der Waals surface area contributed by atoms with Crippen LogP contribution in [0.5, 0.6) is 0 Å². The van der Waals surface area contributed by atoms with Crippen molar-refractivity contribution >= 4 is 17.2 Å². The number of hydrogen-bond acceptors (Lipinski definition) is 2. The third-order valence-corrected chi connectivity index (χ3v) is 2.96. The van der Waals surface area contributed by atoms with Crippen molar-refractivity contribution in [2.24, 2.45) is 11.7 Å². The van der Waals surface area contributed by atoms with Crippen molar-refractivity contribution in [3.63, 3.8) is 0 Å². The molecule has 0 aromatic heterocycles. The maximum Gasteiger partial charge on any atom is 0.0768 e. The van der Waals surface area contributed by atoms with Crippen LogP contribution in [0, 0.1) is 5.92 Å². The molecule has 1 unspecified atom stereocenters. The summed E-state index contributed by atoms with van der Waals surface area (Å²) in [5, 5.41) is 3.50. The molecule has 1 aliphatic carbocycles. The molecule has 1 rings (SSSR count). The van der Waals surface area contributed by atoms with Gasteiger partial charge in [0.1, 0.15) is 0 Å². The zero-order valence-electron chi connectivity index (χ0n) is 7.68. The van der Waals surface area contributed by atoms with Crippen LogP contribution in [-0.4, -0.2) is 17.6 Å². The van der Waals surface area contributed by atoms with Gasteiger partial charge in [-0.25, -0.2) is 0 Å². The van der Waals surface area contributed by atoms with Gasteiger partial charge in [-0.2, -0.15) is 0 Å². The minimum atomic E-state index is 0.334. The third kappa shape index (κ3) is 3.07. The van der Waals surface area contributed by atoms with Crippen molar-refractivity contribution in [3.8, 4) is 0 Å². The molecule has 0 spiro atoms. The molecule has 0 aromatic rings. The van der Waals surface area contributed by atoms with E-state index in [9.17, 15) is 0 Å². The first-order valence-corrected chi connectivity index (χ1v) is 5.13. The molecule has 3 heteroatoms. The molecule has 70 valence electrons. The molecule has 2 nitrogen and oxygen atoms in total. The zero-order valence-corrected chi connectivity index (χ0v) is 8.49. The maximum atomic E-state index is 5.51. The Balaban J connectivity index is 2.11. The summed E-state index contributed by atoms with van der Waals surface area (Å²) in [6.45, 7) is 3.02. The molecule has 0 saturated heterocycles. The Kier molecular flexibility index (Phi) is 3.95. The van der Waals surface area contributed by atoms with Crippen LogP contribution in [0.4, 0.5) is 0 Å². The minimum absolute atomic E-state index is 0.334. The monoisotopic (exact) mass is 186 g/mol. The number of nitrogens with one attached hydrogen (secondary N) is 1. The average molecular weight is 186 g/mol. The van der Waals surface area contributed by atoms with Crippen LogP contribution in [0.15, 0.2) is 0 Å². The lowest BCUT2D eigenvalue weighted by molar-refractivity contribution is 0.499. The van der Waals surface area contributed by atoms with Crippen LogP contribution in [0.25, 0.3) is 0 Å². The summed E-state index contributed by atoms with van der Waals surface area (Å²) in [5.74, 6) is 0.334. The highest BCUT2D eigenvalue weighted by atomic mass is 32.1. The second kappa shape index (κ2) is 4.77. The summed E-state index contributed by atoms with van der Waals surface area (Å²) in [4.78, 5) is 0.625. The summed E-state index contributed by atoms with van der Waals surface area (Å²) in [6.07, 6.45) is 5.40. The van der Waals surface area contributed by atoms with Crippen molar-refractivity contribution in [1.82, 2.24) is 5.32 Å². The lowest BCUT2D eigenvalue weighted by Crippen LogP contribution is -2.35. The molecule has 1 fully saturated rings. The van der Waals surface area contributed by atoms with Gasteiger partial charge in [0.25, 0.3) is 0 Å². The van der Waals surface area contributed by atoms with Crippen LogP contribution in [0.2, 0.25) is 0 Å². The second-order valence-corrected chi connectivity index (χ2v) is 4.16. The van der Waals surface area contributed by atoms with E-state index in [-0.39, 0.29) is 0 Å². The number of thiocarbonyl (C=S) groups is 1. The molecule has 12 heavy (non-hydrogen) atoms. The van der Waals surface area contributed by atoms with E-state index in [1.54, 1.807) is 0 Å². The van der Waals surface area contributed by atoms with Crippen LogP contribution in [0.1, 0.15) is 32.6 Å². The molecule has 1 atom stereocenters. The topological polar surface area (TPSA) is 38.0 Å². The molecule has 0 heterocycles. The molecule has 1 aliphatic rings. The van der Waals surface area contributed by atoms with Gasteiger partial charge in [0.15, 0.2) is 0 Å². The van der Waals surface area contributed by atoms with Crippen LogP contribution < -0.4 is 11.1 Å². The summed E-state index contributed by atoms with van der Waals surface area (Å²) in [5.41, 5.74) is 5.51. The van der Waals surface area contributed by atoms with Crippen molar-refractivity contribution < 1.29 is 0 Å². The average Bonchev–Trinajstić information content (AvgIpc) is 2.51. The SMILES string of the molecule is CC(CNC1CCCC1)C(N)=S. The molecule has 0 amide bonds. The summed E-state index contributed by atoms with van der Waals surface area (Å²) in [6, 6.07) is 0.724. The normalized spacial score (nSPS) is 21.1. The van der Waals surface area contributed by atoms with Gasteiger partial charge in [-0.1, -0.05) is 32.0 Å². The molecule has 0 radical (unpaired) electrons. The molecule has 3 N–H and O–H groups in total. The standard InChI is InChI=1S/C9H18N2S/c1-7(9(10)12)6-11-8-4-2-3-5-8/h7-8,11H,2-6H2,1H3,(H2,10,12). The van der Waals surface area contributed by atoms with Gasteiger partial charge in [-0.05, 0) is 12.8 Å². The van der Waals surface area contributed by atoms with E-state index in [1.807, 2.05) is 0 Å². The van der Waals surface area contributed by atoms with Gasteiger partial charge in [0, 0.05) is 18.5 Å². The molecule has 0 aromatic carbocycles. The van der Waals surface area contributed by atoms with E-state index in [0.717, 1.165) is 12.6 Å². The Labute approximate surface area is 79.9 Å². The lowest BCUT2D eigenvalue weighted by atomic mass is 10.1. The predicted octanol–water partition coefficient (Wildman–Crippen LogP) is 1.44. The fourth-order valence-electron chi connectivity index (χ4n) is 1.57. The highest BCUT2D eigenvalue weighted by Gasteiger charge is 2.15. The Morgan fingerprint density at radius 3 is 2.67 bits per heavy atom. The Morgan fingerprint density at radius 1 is 1.58 bits per heavy atom. The summed E-state index contributed by atoms with van der Waals surface area (Å²) in [7, 11) is 0. The molecular formula is C9H18N2S. The summed E-state index contributed by atoms with van der Waals surface area (Å²) >= 11 is 4.90. The number of nitrogens with two attached hydrogens (primary N) is 1. The van der Waals surface area contributed by atoms with Crippen molar-refractivity contribution in [1.29, 1.82) is 0 Å². The van der Waals surface area contributed by atoms with Crippen molar-refractivity contribution in [2.45, 2.75) is 38.6 Å². The minimum Gasteiger partial charge on any atom is -0.393 e. The second-order valence-electron chi connectivity index (χ2n) is 3.69. The predicted molar refractivity (Wildman–Crippen MR) is 56.2 cm³/mol. The van der Waals surface area contributed by atoms with E-state index in [2.05, 4.69) is 12.2 Å². The van der Waals surface area contributed by atoms with E-state index in [0.29, 0.717) is 10.9 Å². The largest absolute Gasteiger partial charge is 0.393 e. The third-order valence-electron chi connectivity index (χ3n) is 2.55. The van der Waals surface area contributed by atoms with E-state index >= 15 is 0 Å². The molecule has 1 saturated carbocycles. The highest BCUT2D eigenvalue weighted by molar-refractivity contribution is 7.80. The van der Waals surface area contributed by atoms with Crippen molar-refractivity contribution in [2.75, 3.05) is 6.54 Å². The summed E-state index contributed by atoms with van der Waals surface area (Å²) < 4.78 is 0. The first kappa shape index (κ1) is 9.93.